The topological polar surface area (TPSA) is 69.0 Å². The maximum atomic E-state index is 14.4. The van der Waals surface area contributed by atoms with Crippen LogP contribution in [0.4, 0.5) is 14.7 Å². The van der Waals surface area contributed by atoms with Crippen LogP contribution in [0.2, 0.25) is 0 Å². The summed E-state index contributed by atoms with van der Waals surface area (Å²) in [4.78, 5) is 22.2. The normalized spacial score (nSPS) is 13.0. The van der Waals surface area contributed by atoms with Gasteiger partial charge in [0.25, 0.3) is 0 Å². The molecule has 1 aliphatic heterocycles. The quantitative estimate of drug-likeness (QED) is 0.462. The molecule has 0 aliphatic carbocycles. The molecular weight excluding hydrogens is 414 g/mol. The van der Waals surface area contributed by atoms with E-state index in [-0.39, 0.29) is 11.3 Å². The summed E-state index contributed by atoms with van der Waals surface area (Å²) >= 11 is 0. The van der Waals surface area contributed by atoms with Crippen LogP contribution in [-0.2, 0) is 4.74 Å². The number of aromatic nitrogens is 3. The van der Waals surface area contributed by atoms with Crippen LogP contribution in [0.5, 0.6) is 0 Å². The smallest absolute Gasteiger partial charge is 0.229 e. The molecule has 2 aromatic heterocycles. The zero-order valence-corrected chi connectivity index (χ0v) is 16.6. The molecule has 6 nitrogen and oxygen atoms in total. The maximum Gasteiger partial charge on any atom is 0.229 e. The molecule has 0 fully saturated rings. The lowest BCUT2D eigenvalue weighted by molar-refractivity contribution is 0.102. The Labute approximate surface area is 181 Å². The summed E-state index contributed by atoms with van der Waals surface area (Å²) in [6.45, 7) is 0.425. The van der Waals surface area contributed by atoms with Crippen molar-refractivity contribution in [3.8, 4) is 5.69 Å². The molecule has 8 heteroatoms. The molecule has 0 unspecified atom stereocenters. The molecule has 4 aromatic rings. The summed E-state index contributed by atoms with van der Waals surface area (Å²) in [6.07, 6.45) is 6.71. The standard InChI is InChI=1S/C24H16F2N4O2/c25-16-5-7-18(8-6-16)30-21(22(31)19-3-1-2-4-20(19)26)13-15-14-27-24(29-23(15)30)28-17-9-11-32-12-10-17/h1-11,13-14H,12H2,(H,27,28,29). The molecule has 0 amide bonds. The average Bonchev–Trinajstić information content (AvgIpc) is 3.19. The number of benzene rings is 2. The van der Waals surface area contributed by atoms with Crippen molar-refractivity contribution in [2.45, 2.75) is 0 Å². The second kappa shape index (κ2) is 8.07. The van der Waals surface area contributed by atoms with Crippen LogP contribution in [0.25, 0.3) is 16.7 Å². The van der Waals surface area contributed by atoms with Crippen LogP contribution in [-0.4, -0.2) is 26.9 Å². The van der Waals surface area contributed by atoms with E-state index in [0.717, 1.165) is 5.70 Å². The number of ether oxygens (including phenoxy) is 1. The second-order valence-electron chi connectivity index (χ2n) is 7.04. The third kappa shape index (κ3) is 3.62. The number of fused-ring (bicyclic) bond motifs is 1. The van der Waals surface area contributed by atoms with E-state index in [2.05, 4.69) is 15.3 Å². The van der Waals surface area contributed by atoms with Gasteiger partial charge in [0.1, 0.15) is 18.2 Å². The fourth-order valence-corrected chi connectivity index (χ4v) is 3.46. The Hall–Kier alpha value is -4.33. The molecule has 0 saturated heterocycles. The number of carbonyl (C=O) groups is 1. The molecule has 2 aromatic carbocycles. The fourth-order valence-electron chi connectivity index (χ4n) is 3.46. The van der Waals surface area contributed by atoms with Gasteiger partial charge in [-0.05, 0) is 54.6 Å². The third-order valence-electron chi connectivity index (χ3n) is 4.98. The molecule has 0 spiro atoms. The highest BCUT2D eigenvalue weighted by Crippen LogP contribution is 2.27. The Kier molecular flexibility index (Phi) is 4.95. The van der Waals surface area contributed by atoms with E-state index < -0.39 is 17.4 Å². The molecule has 0 saturated carbocycles. The zero-order chi connectivity index (χ0) is 22.1. The molecule has 0 atom stereocenters. The number of anilines is 1. The van der Waals surface area contributed by atoms with Crippen LogP contribution in [0.3, 0.4) is 0 Å². The van der Waals surface area contributed by atoms with Crippen molar-refractivity contribution >= 4 is 22.8 Å². The molecule has 0 radical (unpaired) electrons. The van der Waals surface area contributed by atoms with E-state index in [1.807, 2.05) is 6.08 Å². The minimum Gasteiger partial charge on any atom is -0.497 e. The Morgan fingerprint density at radius 2 is 1.91 bits per heavy atom. The Balaban J connectivity index is 1.67. The first kappa shape index (κ1) is 19.6. The van der Waals surface area contributed by atoms with Gasteiger partial charge in [-0.3, -0.25) is 9.36 Å². The van der Waals surface area contributed by atoms with Crippen LogP contribution in [0.1, 0.15) is 16.1 Å². The molecular formula is C24H16F2N4O2. The van der Waals surface area contributed by atoms with Gasteiger partial charge in [-0.1, -0.05) is 12.1 Å². The van der Waals surface area contributed by atoms with Crippen molar-refractivity contribution < 1.29 is 18.3 Å². The summed E-state index contributed by atoms with van der Waals surface area (Å²) in [6, 6.07) is 13.0. The predicted octanol–water partition coefficient (Wildman–Crippen LogP) is 4.77. The Morgan fingerprint density at radius 3 is 2.66 bits per heavy atom. The molecule has 32 heavy (non-hydrogen) atoms. The Bertz CT molecular complexity index is 1390. The summed E-state index contributed by atoms with van der Waals surface area (Å²) in [5.74, 6) is -1.25. The summed E-state index contributed by atoms with van der Waals surface area (Å²) < 4.78 is 34.6. The number of carbonyl (C=O) groups excluding carboxylic acids is 1. The zero-order valence-electron chi connectivity index (χ0n) is 16.6. The van der Waals surface area contributed by atoms with E-state index in [1.54, 1.807) is 35.2 Å². The lowest BCUT2D eigenvalue weighted by Crippen LogP contribution is -2.11. The summed E-state index contributed by atoms with van der Waals surface area (Å²) in [7, 11) is 0. The van der Waals surface area contributed by atoms with Crippen LogP contribution in [0, 0.1) is 11.6 Å². The molecule has 3 heterocycles. The number of hydrogen-bond donors (Lipinski definition) is 1. The maximum absolute atomic E-state index is 14.4. The largest absolute Gasteiger partial charge is 0.497 e. The molecule has 5 rings (SSSR count). The van der Waals surface area contributed by atoms with Crippen LogP contribution < -0.4 is 5.32 Å². The lowest BCUT2D eigenvalue weighted by atomic mass is 10.1. The first-order valence-corrected chi connectivity index (χ1v) is 9.79. The van der Waals surface area contributed by atoms with Crippen molar-refractivity contribution in [1.82, 2.24) is 14.5 Å². The predicted molar refractivity (Wildman–Crippen MR) is 115 cm³/mol. The minimum absolute atomic E-state index is 0.0672. The minimum atomic E-state index is -0.625. The van der Waals surface area contributed by atoms with Gasteiger partial charge < -0.3 is 10.1 Å². The van der Waals surface area contributed by atoms with E-state index >= 15 is 0 Å². The monoisotopic (exact) mass is 430 g/mol. The number of allylic oxidation sites excluding steroid dienone is 1. The number of ketones is 1. The molecule has 1 N–H and O–H groups in total. The molecule has 158 valence electrons. The summed E-state index contributed by atoms with van der Waals surface area (Å²) in [5.41, 5.74) is 1.82. The number of hydrogen-bond acceptors (Lipinski definition) is 5. The van der Waals surface area contributed by atoms with Crippen molar-refractivity contribution in [1.29, 1.82) is 0 Å². The van der Waals surface area contributed by atoms with Crippen LogP contribution >= 0.6 is 0 Å². The second-order valence-corrected chi connectivity index (χ2v) is 7.04. The van der Waals surface area contributed by atoms with Crippen molar-refractivity contribution in [3.63, 3.8) is 0 Å². The van der Waals surface area contributed by atoms with Crippen molar-refractivity contribution in [2.75, 3.05) is 11.9 Å². The third-order valence-corrected chi connectivity index (χ3v) is 4.98. The first-order chi connectivity index (χ1) is 15.6. The van der Waals surface area contributed by atoms with Gasteiger partial charge in [-0.15, -0.1) is 0 Å². The van der Waals surface area contributed by atoms with Gasteiger partial charge in [0.15, 0.2) is 5.65 Å². The van der Waals surface area contributed by atoms with Gasteiger partial charge in [0.05, 0.1) is 17.5 Å². The highest BCUT2D eigenvalue weighted by atomic mass is 19.1. The molecule has 0 bridgehead atoms. The number of nitrogens with zero attached hydrogens (tertiary/aromatic N) is 3. The Morgan fingerprint density at radius 1 is 1.09 bits per heavy atom. The van der Waals surface area contributed by atoms with Crippen molar-refractivity contribution in [3.05, 3.63) is 108 Å². The highest BCUT2D eigenvalue weighted by Gasteiger charge is 2.22. The molecule has 1 aliphatic rings. The first-order valence-electron chi connectivity index (χ1n) is 9.79. The van der Waals surface area contributed by atoms with Gasteiger partial charge in [0.2, 0.25) is 11.7 Å². The van der Waals surface area contributed by atoms with Gasteiger partial charge in [-0.25, -0.2) is 13.8 Å². The number of rotatable bonds is 5. The van der Waals surface area contributed by atoms with E-state index in [9.17, 15) is 13.6 Å². The highest BCUT2D eigenvalue weighted by molar-refractivity contribution is 6.11. The van der Waals surface area contributed by atoms with Gasteiger partial charge in [0, 0.05) is 23.0 Å². The SMILES string of the molecule is O=C(c1ccccc1F)c1cc2cnc(NC3=CCOC=C3)nc2n1-c1ccc(F)cc1. The summed E-state index contributed by atoms with van der Waals surface area (Å²) in [5, 5.41) is 3.67. The lowest BCUT2D eigenvalue weighted by Gasteiger charge is -2.12. The number of nitrogens with one attached hydrogen (secondary N) is 1. The van der Waals surface area contributed by atoms with Gasteiger partial charge >= 0.3 is 0 Å². The van der Waals surface area contributed by atoms with E-state index in [0.29, 0.717) is 29.3 Å². The van der Waals surface area contributed by atoms with Gasteiger partial charge in [-0.2, -0.15) is 4.98 Å². The van der Waals surface area contributed by atoms with E-state index in [1.165, 1.54) is 42.5 Å². The average molecular weight is 430 g/mol. The fraction of sp³-hybridized carbons (Fsp3) is 0.0417. The number of halogens is 2. The van der Waals surface area contributed by atoms with Crippen molar-refractivity contribution in [2.24, 2.45) is 0 Å². The van der Waals surface area contributed by atoms with E-state index in [4.69, 9.17) is 4.74 Å². The van der Waals surface area contributed by atoms with Crippen LogP contribution in [0.15, 0.2) is 84.9 Å².